The van der Waals surface area contributed by atoms with E-state index in [0.29, 0.717) is 43.6 Å². The van der Waals surface area contributed by atoms with Crippen molar-refractivity contribution in [2.24, 2.45) is 11.7 Å². The van der Waals surface area contributed by atoms with Gasteiger partial charge in [-0.3, -0.25) is 9.69 Å². The van der Waals surface area contributed by atoms with E-state index in [0.717, 1.165) is 6.42 Å². The molecule has 118 valence electrons. The Hall–Kier alpha value is -0.720. The lowest BCUT2D eigenvalue weighted by atomic mass is 10.1. The van der Waals surface area contributed by atoms with Crippen LogP contribution in [0.3, 0.4) is 0 Å². The predicted molar refractivity (Wildman–Crippen MR) is 86.8 cm³/mol. The Bertz CT molecular complexity index is 298. The first kappa shape index (κ1) is 19.3. The van der Waals surface area contributed by atoms with E-state index in [4.69, 9.17) is 22.7 Å². The largest absolute Gasteiger partial charge is 0.393 e. The van der Waals surface area contributed by atoms with Crippen LogP contribution in [0.5, 0.6) is 0 Å². The third kappa shape index (κ3) is 9.23. The third-order valence-corrected chi connectivity index (χ3v) is 3.38. The second kappa shape index (κ2) is 11.0. The summed E-state index contributed by atoms with van der Waals surface area (Å²) in [6.45, 7) is 8.86. The van der Waals surface area contributed by atoms with E-state index in [2.05, 4.69) is 19.2 Å². The minimum atomic E-state index is -0.202. The van der Waals surface area contributed by atoms with Crippen molar-refractivity contribution in [1.82, 2.24) is 10.2 Å². The Morgan fingerprint density at radius 1 is 1.35 bits per heavy atom. The lowest BCUT2D eigenvalue weighted by Gasteiger charge is -2.28. The highest BCUT2D eigenvalue weighted by molar-refractivity contribution is 7.80. The van der Waals surface area contributed by atoms with Gasteiger partial charge in [-0.1, -0.05) is 26.1 Å². The first-order chi connectivity index (χ1) is 9.38. The Labute approximate surface area is 128 Å². The number of nitrogens with zero attached hydrogens (tertiary/aromatic N) is 1. The number of amides is 1. The first-order valence-corrected chi connectivity index (χ1v) is 7.58. The van der Waals surface area contributed by atoms with E-state index in [1.54, 1.807) is 7.11 Å². The fourth-order valence-electron chi connectivity index (χ4n) is 1.76. The Morgan fingerprint density at radius 3 is 2.50 bits per heavy atom. The number of hydrogen-bond donors (Lipinski definition) is 2. The summed E-state index contributed by atoms with van der Waals surface area (Å²) < 4.78 is 5.08. The van der Waals surface area contributed by atoms with Gasteiger partial charge in [0.25, 0.3) is 0 Å². The maximum absolute atomic E-state index is 12.1. The highest BCUT2D eigenvalue weighted by Crippen LogP contribution is 2.03. The zero-order valence-corrected chi connectivity index (χ0v) is 14.0. The van der Waals surface area contributed by atoms with Crippen molar-refractivity contribution < 1.29 is 9.53 Å². The van der Waals surface area contributed by atoms with Gasteiger partial charge < -0.3 is 15.8 Å². The quantitative estimate of drug-likeness (QED) is 0.561. The predicted octanol–water partition coefficient (Wildman–Crippen LogP) is 1.16. The molecule has 0 aliphatic rings. The molecule has 0 aromatic carbocycles. The van der Waals surface area contributed by atoms with Gasteiger partial charge in [-0.2, -0.15) is 0 Å². The molecule has 0 aliphatic heterocycles. The minimum absolute atomic E-state index is 0.0460. The fourth-order valence-corrected chi connectivity index (χ4v) is 1.85. The van der Waals surface area contributed by atoms with Crippen LogP contribution < -0.4 is 11.1 Å². The smallest absolute Gasteiger partial charge is 0.237 e. The summed E-state index contributed by atoms with van der Waals surface area (Å²) in [5.74, 6) is 0.634. The lowest BCUT2D eigenvalue weighted by molar-refractivity contribution is -0.126. The van der Waals surface area contributed by atoms with Crippen LogP contribution in [-0.2, 0) is 9.53 Å². The molecule has 0 saturated carbocycles. The fraction of sp³-hybridized carbons (Fsp3) is 0.857. The molecule has 0 rings (SSSR count). The topological polar surface area (TPSA) is 67.6 Å². The van der Waals surface area contributed by atoms with Crippen LogP contribution >= 0.6 is 12.2 Å². The molecule has 0 spiro atoms. The highest BCUT2D eigenvalue weighted by Gasteiger charge is 2.20. The van der Waals surface area contributed by atoms with Gasteiger partial charge in [-0.05, 0) is 19.3 Å². The SMILES string of the molecule is COCCN(CCC(N)=S)C(C)C(=O)NCCC(C)C. The molecule has 0 aromatic heterocycles. The van der Waals surface area contributed by atoms with Gasteiger partial charge in [0.15, 0.2) is 0 Å². The van der Waals surface area contributed by atoms with Crippen molar-refractivity contribution in [2.75, 3.05) is 33.4 Å². The number of carbonyl (C=O) groups is 1. The van der Waals surface area contributed by atoms with Crippen LogP contribution in [0.15, 0.2) is 0 Å². The molecule has 0 bridgehead atoms. The zero-order valence-electron chi connectivity index (χ0n) is 13.1. The molecule has 0 aliphatic carbocycles. The van der Waals surface area contributed by atoms with Crippen molar-refractivity contribution in [1.29, 1.82) is 0 Å². The number of nitrogens with two attached hydrogens (primary N) is 1. The Balaban J connectivity index is 4.30. The van der Waals surface area contributed by atoms with E-state index in [9.17, 15) is 4.79 Å². The van der Waals surface area contributed by atoms with Crippen LogP contribution in [0, 0.1) is 5.92 Å². The van der Waals surface area contributed by atoms with Crippen LogP contribution in [0.1, 0.15) is 33.6 Å². The van der Waals surface area contributed by atoms with Gasteiger partial charge in [-0.15, -0.1) is 0 Å². The molecule has 3 N–H and O–H groups in total. The molecule has 1 atom stereocenters. The number of nitrogens with one attached hydrogen (secondary N) is 1. The second-order valence-electron chi connectivity index (χ2n) is 5.39. The molecule has 5 nitrogen and oxygen atoms in total. The molecule has 0 radical (unpaired) electrons. The average molecular weight is 303 g/mol. The zero-order chi connectivity index (χ0) is 15.5. The highest BCUT2D eigenvalue weighted by atomic mass is 32.1. The van der Waals surface area contributed by atoms with Gasteiger partial charge in [-0.25, -0.2) is 0 Å². The standard InChI is InChI=1S/C14H29N3O2S/c1-11(2)5-7-16-14(18)12(3)17(9-10-19-4)8-6-13(15)20/h11-12H,5-10H2,1-4H3,(H2,15,20)(H,16,18). The number of carbonyl (C=O) groups excluding carboxylic acids is 1. The van der Waals surface area contributed by atoms with Gasteiger partial charge >= 0.3 is 0 Å². The van der Waals surface area contributed by atoms with E-state index in [1.807, 2.05) is 11.8 Å². The summed E-state index contributed by atoms with van der Waals surface area (Å²) in [5.41, 5.74) is 5.53. The summed E-state index contributed by atoms with van der Waals surface area (Å²) >= 11 is 4.90. The maximum atomic E-state index is 12.1. The normalized spacial score (nSPS) is 12.7. The number of methoxy groups -OCH3 is 1. The molecule has 6 heteroatoms. The molecule has 0 saturated heterocycles. The van der Waals surface area contributed by atoms with Crippen LogP contribution in [-0.4, -0.2) is 55.2 Å². The Morgan fingerprint density at radius 2 is 2.00 bits per heavy atom. The number of hydrogen-bond acceptors (Lipinski definition) is 4. The average Bonchev–Trinajstić information content (AvgIpc) is 2.37. The number of rotatable bonds is 11. The van der Waals surface area contributed by atoms with Crippen molar-refractivity contribution >= 4 is 23.1 Å². The number of thiocarbonyl (C=S) groups is 1. The summed E-state index contributed by atoms with van der Waals surface area (Å²) in [5, 5.41) is 2.97. The summed E-state index contributed by atoms with van der Waals surface area (Å²) in [4.78, 5) is 14.6. The van der Waals surface area contributed by atoms with Crippen LogP contribution in [0.4, 0.5) is 0 Å². The lowest BCUT2D eigenvalue weighted by Crippen LogP contribution is -2.47. The van der Waals surface area contributed by atoms with Crippen molar-refractivity contribution in [3.8, 4) is 0 Å². The summed E-state index contributed by atoms with van der Waals surface area (Å²) in [6.07, 6.45) is 1.60. The van der Waals surface area contributed by atoms with E-state index >= 15 is 0 Å². The van der Waals surface area contributed by atoms with Crippen LogP contribution in [0.25, 0.3) is 0 Å². The molecule has 1 amide bonds. The molecular formula is C14H29N3O2S. The monoisotopic (exact) mass is 303 g/mol. The summed E-state index contributed by atoms with van der Waals surface area (Å²) in [7, 11) is 1.65. The minimum Gasteiger partial charge on any atom is -0.393 e. The van der Waals surface area contributed by atoms with Crippen LogP contribution in [0.2, 0.25) is 0 Å². The molecule has 0 fully saturated rings. The van der Waals surface area contributed by atoms with Crippen molar-refractivity contribution in [2.45, 2.75) is 39.7 Å². The molecule has 0 heterocycles. The van der Waals surface area contributed by atoms with Crippen molar-refractivity contribution in [3.63, 3.8) is 0 Å². The molecule has 1 unspecified atom stereocenters. The van der Waals surface area contributed by atoms with Gasteiger partial charge in [0.2, 0.25) is 5.91 Å². The van der Waals surface area contributed by atoms with E-state index in [-0.39, 0.29) is 11.9 Å². The third-order valence-electron chi connectivity index (χ3n) is 3.18. The van der Waals surface area contributed by atoms with Gasteiger partial charge in [0, 0.05) is 33.2 Å². The number of ether oxygens (including phenoxy) is 1. The van der Waals surface area contributed by atoms with E-state index in [1.165, 1.54) is 0 Å². The van der Waals surface area contributed by atoms with Crippen molar-refractivity contribution in [3.05, 3.63) is 0 Å². The second-order valence-corrected chi connectivity index (χ2v) is 5.92. The van der Waals surface area contributed by atoms with Gasteiger partial charge in [0.05, 0.1) is 17.6 Å². The molecule has 20 heavy (non-hydrogen) atoms. The maximum Gasteiger partial charge on any atom is 0.237 e. The van der Waals surface area contributed by atoms with Gasteiger partial charge in [0.1, 0.15) is 0 Å². The molecule has 0 aromatic rings. The first-order valence-electron chi connectivity index (χ1n) is 7.17. The van der Waals surface area contributed by atoms with E-state index < -0.39 is 0 Å². The summed E-state index contributed by atoms with van der Waals surface area (Å²) in [6, 6.07) is -0.202. The molecular weight excluding hydrogens is 274 g/mol. The Kier molecular flexibility index (Phi) is 10.6.